The Labute approximate surface area is 120 Å². The molecule has 0 fully saturated rings. The molecule has 0 aliphatic rings. The zero-order valence-electron chi connectivity index (χ0n) is 12.9. The van der Waals surface area contributed by atoms with Gasteiger partial charge in [0.25, 0.3) is 0 Å². The lowest BCUT2D eigenvalue weighted by Gasteiger charge is -2.16. The number of hydrogen-bond donors (Lipinski definition) is 2. The fourth-order valence-corrected chi connectivity index (χ4v) is 1.82. The van der Waals surface area contributed by atoms with Crippen molar-refractivity contribution in [2.45, 2.75) is 20.8 Å². The van der Waals surface area contributed by atoms with E-state index >= 15 is 0 Å². The van der Waals surface area contributed by atoms with Crippen molar-refractivity contribution in [1.82, 2.24) is 5.32 Å². The number of carbonyl (C=O) groups is 1. The summed E-state index contributed by atoms with van der Waals surface area (Å²) in [5.74, 6) is 1.15. The second-order valence-electron chi connectivity index (χ2n) is 4.72. The Bertz CT molecular complexity index is 461. The molecule has 0 bridgehead atoms. The topological polar surface area (TPSA) is 59.6 Å². The van der Waals surface area contributed by atoms with Gasteiger partial charge in [-0.25, -0.2) is 0 Å². The monoisotopic (exact) mass is 280 g/mol. The smallest absolute Gasteiger partial charge is 0.228 e. The van der Waals surface area contributed by atoms with Crippen molar-refractivity contribution in [2.75, 3.05) is 32.6 Å². The second-order valence-corrected chi connectivity index (χ2v) is 4.72. The van der Waals surface area contributed by atoms with Crippen molar-refractivity contribution in [3.63, 3.8) is 0 Å². The lowest BCUT2D eigenvalue weighted by atomic mass is 10.1. The zero-order valence-corrected chi connectivity index (χ0v) is 12.9. The average molecular weight is 280 g/mol. The van der Waals surface area contributed by atoms with E-state index in [1.807, 2.05) is 26.8 Å². The third kappa shape index (κ3) is 4.13. The van der Waals surface area contributed by atoms with Crippen LogP contribution < -0.4 is 20.1 Å². The highest BCUT2D eigenvalue weighted by molar-refractivity contribution is 5.93. The zero-order chi connectivity index (χ0) is 15.1. The maximum Gasteiger partial charge on any atom is 0.228 e. The predicted octanol–water partition coefficient (Wildman–Crippen LogP) is 2.20. The molecule has 1 unspecified atom stereocenters. The van der Waals surface area contributed by atoms with Gasteiger partial charge in [-0.05, 0) is 25.1 Å². The van der Waals surface area contributed by atoms with Gasteiger partial charge in [0.05, 0.1) is 14.2 Å². The van der Waals surface area contributed by atoms with Gasteiger partial charge < -0.3 is 20.1 Å². The Morgan fingerprint density at radius 1 is 1.25 bits per heavy atom. The first-order valence-electron chi connectivity index (χ1n) is 6.77. The number of carbonyl (C=O) groups excluding carboxylic acids is 1. The van der Waals surface area contributed by atoms with Crippen LogP contribution in [0.1, 0.15) is 19.4 Å². The van der Waals surface area contributed by atoms with Crippen molar-refractivity contribution < 1.29 is 14.3 Å². The van der Waals surface area contributed by atoms with E-state index in [4.69, 9.17) is 9.47 Å². The van der Waals surface area contributed by atoms with E-state index in [9.17, 15) is 4.79 Å². The molecule has 112 valence electrons. The molecule has 1 rings (SSSR count). The SMILES string of the molecule is CCNCC(C)C(=O)Nc1cc(OC)c(OC)cc1C. The molecule has 5 nitrogen and oxygen atoms in total. The third-order valence-electron chi connectivity index (χ3n) is 3.14. The van der Waals surface area contributed by atoms with Gasteiger partial charge >= 0.3 is 0 Å². The molecule has 1 aromatic rings. The molecule has 0 radical (unpaired) electrons. The number of benzene rings is 1. The molecule has 2 N–H and O–H groups in total. The lowest BCUT2D eigenvalue weighted by Crippen LogP contribution is -2.30. The first-order chi connectivity index (χ1) is 9.53. The summed E-state index contributed by atoms with van der Waals surface area (Å²) in [7, 11) is 3.17. The summed E-state index contributed by atoms with van der Waals surface area (Å²) in [5.41, 5.74) is 1.68. The van der Waals surface area contributed by atoms with E-state index in [0.29, 0.717) is 18.0 Å². The Balaban J connectivity index is 2.84. The van der Waals surface area contributed by atoms with E-state index < -0.39 is 0 Å². The minimum absolute atomic E-state index is 0.0127. The van der Waals surface area contributed by atoms with E-state index in [0.717, 1.165) is 17.8 Å². The van der Waals surface area contributed by atoms with Gasteiger partial charge in [0.1, 0.15) is 0 Å². The van der Waals surface area contributed by atoms with Gasteiger partial charge in [0.2, 0.25) is 5.91 Å². The molecule has 0 aromatic heterocycles. The first kappa shape index (κ1) is 16.3. The van der Waals surface area contributed by atoms with Crippen molar-refractivity contribution >= 4 is 11.6 Å². The summed E-state index contributed by atoms with van der Waals surface area (Å²) >= 11 is 0. The Morgan fingerprint density at radius 3 is 2.40 bits per heavy atom. The van der Waals surface area contributed by atoms with E-state index in [1.54, 1.807) is 20.3 Å². The van der Waals surface area contributed by atoms with E-state index in [2.05, 4.69) is 10.6 Å². The summed E-state index contributed by atoms with van der Waals surface area (Å²) in [4.78, 5) is 12.1. The summed E-state index contributed by atoms with van der Waals surface area (Å²) in [6.07, 6.45) is 0. The molecule has 5 heteroatoms. The van der Waals surface area contributed by atoms with Gasteiger partial charge in [0, 0.05) is 24.2 Å². The number of hydrogen-bond acceptors (Lipinski definition) is 4. The maximum atomic E-state index is 12.1. The minimum Gasteiger partial charge on any atom is -0.493 e. The number of ether oxygens (including phenoxy) is 2. The molecule has 20 heavy (non-hydrogen) atoms. The van der Waals surface area contributed by atoms with Gasteiger partial charge in [-0.15, -0.1) is 0 Å². The number of amides is 1. The Morgan fingerprint density at radius 2 is 1.85 bits per heavy atom. The van der Waals surface area contributed by atoms with Gasteiger partial charge in [-0.1, -0.05) is 13.8 Å². The maximum absolute atomic E-state index is 12.1. The summed E-state index contributed by atoms with van der Waals surface area (Å²) in [6, 6.07) is 3.63. The highest BCUT2D eigenvalue weighted by atomic mass is 16.5. The highest BCUT2D eigenvalue weighted by Gasteiger charge is 2.15. The molecule has 0 heterocycles. The van der Waals surface area contributed by atoms with Crippen LogP contribution >= 0.6 is 0 Å². The summed E-state index contributed by atoms with van der Waals surface area (Å²) in [6.45, 7) is 7.35. The first-order valence-corrected chi connectivity index (χ1v) is 6.77. The van der Waals surface area contributed by atoms with Crippen molar-refractivity contribution in [3.8, 4) is 11.5 Å². The lowest BCUT2D eigenvalue weighted by molar-refractivity contribution is -0.119. The molecule has 0 aliphatic carbocycles. The van der Waals surface area contributed by atoms with Crippen molar-refractivity contribution in [2.24, 2.45) is 5.92 Å². The van der Waals surface area contributed by atoms with Crippen LogP contribution in [0.4, 0.5) is 5.69 Å². The number of aryl methyl sites for hydroxylation is 1. The van der Waals surface area contributed by atoms with Crippen LogP contribution in [0, 0.1) is 12.8 Å². The van der Waals surface area contributed by atoms with E-state index in [-0.39, 0.29) is 11.8 Å². The highest BCUT2D eigenvalue weighted by Crippen LogP contribution is 2.32. The molecule has 0 spiro atoms. The van der Waals surface area contributed by atoms with Crippen molar-refractivity contribution in [1.29, 1.82) is 0 Å². The van der Waals surface area contributed by atoms with Crippen LogP contribution in [0.2, 0.25) is 0 Å². The van der Waals surface area contributed by atoms with Gasteiger partial charge in [0.15, 0.2) is 11.5 Å². The molecule has 0 saturated heterocycles. The van der Waals surface area contributed by atoms with Crippen LogP contribution in [0.15, 0.2) is 12.1 Å². The predicted molar refractivity (Wildman–Crippen MR) is 80.6 cm³/mol. The van der Waals surface area contributed by atoms with Gasteiger partial charge in [-0.3, -0.25) is 4.79 Å². The molecular weight excluding hydrogens is 256 g/mol. The van der Waals surface area contributed by atoms with Crippen LogP contribution in [-0.2, 0) is 4.79 Å². The molecule has 1 atom stereocenters. The van der Waals surface area contributed by atoms with Gasteiger partial charge in [-0.2, -0.15) is 0 Å². The van der Waals surface area contributed by atoms with Crippen LogP contribution in [0.25, 0.3) is 0 Å². The minimum atomic E-state index is -0.0950. The largest absolute Gasteiger partial charge is 0.493 e. The third-order valence-corrected chi connectivity index (χ3v) is 3.14. The van der Waals surface area contributed by atoms with Crippen LogP contribution in [0.5, 0.6) is 11.5 Å². The quantitative estimate of drug-likeness (QED) is 0.804. The fourth-order valence-electron chi connectivity index (χ4n) is 1.82. The normalized spacial score (nSPS) is 11.8. The van der Waals surface area contributed by atoms with Crippen LogP contribution in [0.3, 0.4) is 0 Å². The molecule has 1 amide bonds. The second kappa shape index (κ2) is 7.75. The molecule has 0 saturated carbocycles. The number of methoxy groups -OCH3 is 2. The van der Waals surface area contributed by atoms with Crippen molar-refractivity contribution in [3.05, 3.63) is 17.7 Å². The standard InChI is InChI=1S/C15H24N2O3/c1-6-16-9-11(3)15(18)17-12-8-14(20-5)13(19-4)7-10(12)2/h7-8,11,16H,6,9H2,1-5H3,(H,17,18). The summed E-state index contributed by atoms with van der Waals surface area (Å²) < 4.78 is 10.5. The van der Waals surface area contributed by atoms with Crippen LogP contribution in [-0.4, -0.2) is 33.2 Å². The van der Waals surface area contributed by atoms with E-state index in [1.165, 1.54) is 0 Å². The summed E-state index contributed by atoms with van der Waals surface area (Å²) in [5, 5.41) is 6.10. The Hall–Kier alpha value is -1.75. The molecular formula is C15H24N2O3. The molecule has 0 aliphatic heterocycles. The number of rotatable bonds is 7. The molecule has 1 aromatic carbocycles. The average Bonchev–Trinajstić information content (AvgIpc) is 2.45. The Kier molecular flexibility index (Phi) is 6.31. The number of nitrogens with one attached hydrogen (secondary N) is 2. The number of anilines is 1. The fraction of sp³-hybridized carbons (Fsp3) is 0.533.